The van der Waals surface area contributed by atoms with Crippen LogP contribution in [0.3, 0.4) is 0 Å². The van der Waals surface area contributed by atoms with E-state index in [1.165, 1.54) is 25.3 Å². The Morgan fingerprint density at radius 1 is 0.943 bits per heavy atom. The standard InChI is InChI=1S/C22H14F4N6O2S/c1-10-17(8-12(24)9-29-10)35(33,34)32-16-7-11(23)6-15(18(16)25)13-2-3-14-20(19(13)26)30-31-21(14)22-27-4-5-28-22/h2-9,32H,1H3,(H,27,28)(H,30,31). The molecule has 0 unspecified atom stereocenters. The Morgan fingerprint density at radius 3 is 2.49 bits per heavy atom. The first-order valence-corrected chi connectivity index (χ1v) is 11.4. The van der Waals surface area contributed by atoms with E-state index in [2.05, 4.69) is 25.1 Å². The van der Waals surface area contributed by atoms with Crippen molar-refractivity contribution < 1.29 is 26.0 Å². The predicted molar refractivity (Wildman–Crippen MR) is 119 cm³/mol. The molecule has 5 rings (SSSR count). The molecule has 8 nitrogen and oxygen atoms in total. The lowest BCUT2D eigenvalue weighted by Crippen LogP contribution is -2.16. The van der Waals surface area contributed by atoms with Crippen LogP contribution in [0, 0.1) is 30.2 Å². The molecule has 35 heavy (non-hydrogen) atoms. The number of pyridine rings is 1. The van der Waals surface area contributed by atoms with Crippen LogP contribution in [-0.4, -0.2) is 33.6 Å². The summed E-state index contributed by atoms with van der Waals surface area (Å²) in [6.07, 6.45) is 3.88. The van der Waals surface area contributed by atoms with Gasteiger partial charge in [-0.1, -0.05) is 6.07 Å². The molecule has 3 N–H and O–H groups in total. The highest BCUT2D eigenvalue weighted by Gasteiger charge is 2.24. The number of sulfonamides is 1. The molecule has 3 heterocycles. The van der Waals surface area contributed by atoms with Crippen LogP contribution in [0.15, 0.2) is 53.8 Å². The minimum absolute atomic E-state index is 0.0564. The van der Waals surface area contributed by atoms with E-state index in [9.17, 15) is 17.2 Å². The monoisotopic (exact) mass is 502 g/mol. The maximum Gasteiger partial charge on any atom is 0.263 e. The van der Waals surface area contributed by atoms with Crippen LogP contribution in [0.2, 0.25) is 0 Å². The molecule has 0 amide bonds. The minimum Gasteiger partial charge on any atom is -0.343 e. The fourth-order valence-corrected chi connectivity index (χ4v) is 4.92. The Balaban J connectivity index is 1.60. The number of anilines is 1. The smallest absolute Gasteiger partial charge is 0.263 e. The minimum atomic E-state index is -4.55. The molecule has 5 aromatic rings. The van der Waals surface area contributed by atoms with E-state index in [4.69, 9.17) is 0 Å². The average molecular weight is 502 g/mol. The second-order valence-electron chi connectivity index (χ2n) is 7.52. The number of halogens is 4. The molecule has 13 heteroatoms. The number of rotatable bonds is 5. The van der Waals surface area contributed by atoms with Gasteiger partial charge in [-0.25, -0.2) is 31.0 Å². The van der Waals surface area contributed by atoms with Gasteiger partial charge in [0.15, 0.2) is 17.5 Å². The molecule has 0 fully saturated rings. The number of fused-ring (bicyclic) bond motifs is 1. The van der Waals surface area contributed by atoms with Crippen LogP contribution in [-0.2, 0) is 10.0 Å². The third-order valence-electron chi connectivity index (χ3n) is 5.27. The molecule has 0 bridgehead atoms. The lowest BCUT2D eigenvalue weighted by molar-refractivity contribution is 0.587. The van der Waals surface area contributed by atoms with Crippen molar-refractivity contribution in [2.75, 3.05) is 4.72 Å². The van der Waals surface area contributed by atoms with Gasteiger partial charge >= 0.3 is 0 Å². The Hall–Kier alpha value is -4.26. The number of aryl methyl sites for hydroxylation is 1. The zero-order valence-corrected chi connectivity index (χ0v) is 18.5. The van der Waals surface area contributed by atoms with E-state index in [1.807, 2.05) is 4.72 Å². The number of nitrogens with zero attached hydrogens (tertiary/aromatic N) is 3. The molecule has 178 valence electrons. The number of H-pyrrole nitrogens is 2. The summed E-state index contributed by atoms with van der Waals surface area (Å²) in [5.74, 6) is -3.76. The fraction of sp³-hybridized carbons (Fsp3) is 0.0455. The van der Waals surface area contributed by atoms with Gasteiger partial charge in [-0.15, -0.1) is 0 Å². The first-order valence-electron chi connectivity index (χ1n) is 9.96. The van der Waals surface area contributed by atoms with Crippen LogP contribution < -0.4 is 4.72 Å². The largest absolute Gasteiger partial charge is 0.343 e. The summed E-state index contributed by atoms with van der Waals surface area (Å²) < 4.78 is 86.1. The summed E-state index contributed by atoms with van der Waals surface area (Å²) in [6.45, 7) is 1.31. The molecular formula is C22H14F4N6O2S. The van der Waals surface area contributed by atoms with Gasteiger partial charge in [0.1, 0.15) is 27.7 Å². The third kappa shape index (κ3) is 3.89. The van der Waals surface area contributed by atoms with Crippen molar-refractivity contribution in [2.24, 2.45) is 0 Å². The van der Waals surface area contributed by atoms with E-state index >= 15 is 8.78 Å². The summed E-state index contributed by atoms with van der Waals surface area (Å²) in [5.41, 5.74) is -1.48. The Morgan fingerprint density at radius 2 is 1.74 bits per heavy atom. The normalized spacial score (nSPS) is 11.8. The van der Waals surface area contributed by atoms with E-state index in [0.717, 1.165) is 12.3 Å². The maximum absolute atomic E-state index is 15.4. The lowest BCUT2D eigenvalue weighted by atomic mass is 10.0. The second kappa shape index (κ2) is 8.20. The molecule has 2 aromatic carbocycles. The van der Waals surface area contributed by atoms with Gasteiger partial charge in [0.05, 0.1) is 17.6 Å². The van der Waals surface area contributed by atoms with Gasteiger partial charge in [-0.3, -0.25) is 14.8 Å². The number of benzene rings is 2. The van der Waals surface area contributed by atoms with Crippen LogP contribution in [0.25, 0.3) is 33.5 Å². The molecule has 0 saturated carbocycles. The highest BCUT2D eigenvalue weighted by molar-refractivity contribution is 7.92. The van der Waals surface area contributed by atoms with Gasteiger partial charge in [0, 0.05) is 35.0 Å². The van der Waals surface area contributed by atoms with Gasteiger partial charge in [-0.05, 0) is 25.1 Å². The molecular weight excluding hydrogens is 488 g/mol. The van der Waals surface area contributed by atoms with Crippen LogP contribution in [0.5, 0.6) is 0 Å². The van der Waals surface area contributed by atoms with E-state index in [0.29, 0.717) is 29.0 Å². The van der Waals surface area contributed by atoms with Gasteiger partial charge in [0.2, 0.25) is 0 Å². The zero-order chi connectivity index (χ0) is 24.9. The van der Waals surface area contributed by atoms with Crippen molar-refractivity contribution in [2.45, 2.75) is 11.8 Å². The van der Waals surface area contributed by atoms with Crippen molar-refractivity contribution >= 4 is 26.6 Å². The first kappa shape index (κ1) is 22.5. The Labute approximate surface area is 195 Å². The van der Waals surface area contributed by atoms with Crippen molar-refractivity contribution in [3.63, 3.8) is 0 Å². The maximum atomic E-state index is 15.4. The quantitative estimate of drug-likeness (QED) is 0.302. The van der Waals surface area contributed by atoms with Gasteiger partial charge < -0.3 is 4.98 Å². The van der Waals surface area contributed by atoms with E-state index in [-0.39, 0.29) is 16.8 Å². The highest BCUT2D eigenvalue weighted by atomic mass is 32.2. The molecule has 3 aromatic heterocycles. The zero-order valence-electron chi connectivity index (χ0n) is 17.7. The van der Waals surface area contributed by atoms with Crippen molar-refractivity contribution in [3.8, 4) is 22.6 Å². The number of nitrogens with one attached hydrogen (secondary N) is 3. The average Bonchev–Trinajstić information content (AvgIpc) is 3.48. The molecule has 0 spiro atoms. The second-order valence-corrected chi connectivity index (χ2v) is 9.17. The summed E-state index contributed by atoms with van der Waals surface area (Å²) >= 11 is 0. The third-order valence-corrected chi connectivity index (χ3v) is 6.75. The molecule has 0 aliphatic carbocycles. The summed E-state index contributed by atoms with van der Waals surface area (Å²) in [5, 5.41) is 6.89. The molecule has 0 atom stereocenters. The Bertz CT molecular complexity index is 1700. The fourth-order valence-electron chi connectivity index (χ4n) is 3.66. The molecule has 0 radical (unpaired) electrons. The number of imidazole rings is 1. The van der Waals surface area contributed by atoms with E-state index in [1.54, 1.807) is 6.20 Å². The molecule has 0 aliphatic heterocycles. The van der Waals surface area contributed by atoms with Gasteiger partial charge in [-0.2, -0.15) is 5.10 Å². The lowest BCUT2D eigenvalue weighted by Gasteiger charge is -2.14. The summed E-state index contributed by atoms with van der Waals surface area (Å²) in [6, 6.07) is 4.70. The molecule has 0 saturated heterocycles. The number of hydrogen-bond donors (Lipinski definition) is 3. The topological polar surface area (TPSA) is 116 Å². The number of hydrogen-bond acceptors (Lipinski definition) is 5. The Kier molecular flexibility index (Phi) is 5.28. The van der Waals surface area contributed by atoms with Crippen molar-refractivity contribution in [3.05, 3.63) is 77.9 Å². The summed E-state index contributed by atoms with van der Waals surface area (Å²) in [4.78, 5) is 9.98. The van der Waals surface area contributed by atoms with E-state index < -0.39 is 49.4 Å². The summed E-state index contributed by atoms with van der Waals surface area (Å²) in [7, 11) is -4.55. The van der Waals surface area contributed by atoms with Crippen LogP contribution >= 0.6 is 0 Å². The number of aromatic amines is 2. The van der Waals surface area contributed by atoms with Crippen molar-refractivity contribution in [1.82, 2.24) is 25.1 Å². The number of aromatic nitrogens is 5. The first-order chi connectivity index (χ1) is 16.7. The predicted octanol–water partition coefficient (Wildman–Crippen LogP) is 4.68. The van der Waals surface area contributed by atoms with Gasteiger partial charge in [0.25, 0.3) is 10.0 Å². The van der Waals surface area contributed by atoms with Crippen molar-refractivity contribution in [1.29, 1.82) is 0 Å². The molecule has 0 aliphatic rings. The highest BCUT2D eigenvalue weighted by Crippen LogP contribution is 2.36. The van der Waals surface area contributed by atoms with Crippen LogP contribution in [0.4, 0.5) is 23.2 Å². The SMILES string of the molecule is Cc1ncc(F)cc1S(=O)(=O)Nc1cc(F)cc(-c2ccc3c(-c4ncc[nH]4)n[nH]c3c2F)c1F. The van der Waals surface area contributed by atoms with Crippen LogP contribution in [0.1, 0.15) is 5.69 Å².